The van der Waals surface area contributed by atoms with Crippen LogP contribution in [0.3, 0.4) is 0 Å². The van der Waals surface area contributed by atoms with E-state index in [-0.39, 0.29) is 17.2 Å². The molecule has 0 radical (unpaired) electrons. The fraction of sp³-hybridized carbons (Fsp3) is 0.455. The molecular formula is C11H15NO4S. The van der Waals surface area contributed by atoms with Crippen molar-refractivity contribution in [2.45, 2.75) is 16.6 Å². The Bertz CT molecular complexity index is 506. The number of ether oxygens (including phenoxy) is 2. The Kier molecular flexibility index (Phi) is 3.26. The Morgan fingerprint density at radius 3 is 2.82 bits per heavy atom. The first kappa shape index (κ1) is 12.2. The first-order valence-electron chi connectivity index (χ1n) is 5.31. The molecule has 1 unspecified atom stereocenters. The summed E-state index contributed by atoms with van der Waals surface area (Å²) < 4.78 is 34.7. The highest BCUT2D eigenvalue weighted by Crippen LogP contribution is 2.29. The molecule has 1 fully saturated rings. The number of benzene rings is 1. The number of rotatable bonds is 3. The SMILES string of the molecule is COc1ccc(N)c(S(=O)(=O)C2CCOC2)c1. The molecule has 0 bridgehead atoms. The predicted octanol–water partition coefficient (Wildman–Crippen LogP) is 0.840. The molecule has 1 aliphatic rings. The molecule has 1 saturated heterocycles. The average molecular weight is 257 g/mol. The van der Waals surface area contributed by atoms with E-state index in [9.17, 15) is 8.42 Å². The number of hydrogen-bond acceptors (Lipinski definition) is 5. The van der Waals surface area contributed by atoms with E-state index in [0.717, 1.165) is 0 Å². The maximum absolute atomic E-state index is 12.3. The largest absolute Gasteiger partial charge is 0.497 e. The maximum Gasteiger partial charge on any atom is 0.185 e. The van der Waals surface area contributed by atoms with Gasteiger partial charge in [-0.15, -0.1) is 0 Å². The minimum absolute atomic E-state index is 0.132. The Morgan fingerprint density at radius 1 is 1.47 bits per heavy atom. The summed E-state index contributed by atoms with van der Waals surface area (Å²) in [4.78, 5) is 0.132. The fourth-order valence-corrected chi connectivity index (χ4v) is 3.54. The van der Waals surface area contributed by atoms with Crippen LogP contribution in [0.15, 0.2) is 23.1 Å². The van der Waals surface area contributed by atoms with Gasteiger partial charge in [-0.3, -0.25) is 0 Å². The Morgan fingerprint density at radius 2 is 2.24 bits per heavy atom. The van der Waals surface area contributed by atoms with E-state index in [1.54, 1.807) is 12.1 Å². The molecule has 5 nitrogen and oxygen atoms in total. The lowest BCUT2D eigenvalue weighted by molar-refractivity contribution is 0.198. The second-order valence-corrected chi connectivity index (χ2v) is 6.13. The highest BCUT2D eigenvalue weighted by molar-refractivity contribution is 7.92. The molecule has 2 rings (SSSR count). The van der Waals surface area contributed by atoms with Gasteiger partial charge in [-0.25, -0.2) is 8.42 Å². The van der Waals surface area contributed by atoms with E-state index in [0.29, 0.717) is 18.8 Å². The Hall–Kier alpha value is -1.27. The van der Waals surface area contributed by atoms with Crippen LogP contribution >= 0.6 is 0 Å². The van der Waals surface area contributed by atoms with Crippen LogP contribution in [-0.2, 0) is 14.6 Å². The Balaban J connectivity index is 2.44. The zero-order valence-corrected chi connectivity index (χ0v) is 10.4. The molecule has 0 saturated carbocycles. The van der Waals surface area contributed by atoms with Crippen molar-refractivity contribution in [2.24, 2.45) is 0 Å². The number of nitrogen functional groups attached to an aromatic ring is 1. The van der Waals surface area contributed by atoms with Gasteiger partial charge >= 0.3 is 0 Å². The molecule has 0 amide bonds. The summed E-state index contributed by atoms with van der Waals surface area (Å²) in [7, 11) is -1.95. The van der Waals surface area contributed by atoms with E-state index in [4.69, 9.17) is 15.2 Å². The lowest BCUT2D eigenvalue weighted by Crippen LogP contribution is -2.22. The molecule has 17 heavy (non-hydrogen) atoms. The first-order chi connectivity index (χ1) is 8.05. The third kappa shape index (κ3) is 2.23. The van der Waals surface area contributed by atoms with Gasteiger partial charge < -0.3 is 15.2 Å². The van der Waals surface area contributed by atoms with Crippen LogP contribution in [0.1, 0.15) is 6.42 Å². The smallest absolute Gasteiger partial charge is 0.185 e. The molecule has 1 aromatic carbocycles. The molecule has 0 spiro atoms. The number of nitrogens with two attached hydrogens (primary N) is 1. The number of sulfone groups is 1. The summed E-state index contributed by atoms with van der Waals surface area (Å²) in [6, 6.07) is 4.64. The van der Waals surface area contributed by atoms with Gasteiger partial charge in [0.15, 0.2) is 9.84 Å². The highest BCUT2D eigenvalue weighted by Gasteiger charge is 2.32. The minimum Gasteiger partial charge on any atom is -0.497 e. The topological polar surface area (TPSA) is 78.6 Å². The standard InChI is InChI=1S/C11H15NO4S/c1-15-8-2-3-10(12)11(6-8)17(13,14)9-4-5-16-7-9/h2-3,6,9H,4-5,7,12H2,1H3. The van der Waals surface area contributed by atoms with Crippen LogP contribution in [0.5, 0.6) is 5.75 Å². The van der Waals surface area contributed by atoms with Gasteiger partial charge in [0.05, 0.1) is 29.5 Å². The van der Waals surface area contributed by atoms with Crippen LogP contribution in [0.2, 0.25) is 0 Å². The molecule has 0 aliphatic carbocycles. The third-order valence-electron chi connectivity index (χ3n) is 2.85. The van der Waals surface area contributed by atoms with Gasteiger partial charge in [0, 0.05) is 12.7 Å². The van der Waals surface area contributed by atoms with Crippen LogP contribution < -0.4 is 10.5 Å². The zero-order chi connectivity index (χ0) is 12.5. The van der Waals surface area contributed by atoms with Gasteiger partial charge in [0.1, 0.15) is 5.75 Å². The van der Waals surface area contributed by atoms with Crippen molar-refractivity contribution >= 4 is 15.5 Å². The van der Waals surface area contributed by atoms with Crippen molar-refractivity contribution < 1.29 is 17.9 Å². The first-order valence-corrected chi connectivity index (χ1v) is 6.85. The van der Waals surface area contributed by atoms with Crippen molar-refractivity contribution in [3.8, 4) is 5.75 Å². The van der Waals surface area contributed by atoms with E-state index in [2.05, 4.69) is 0 Å². The zero-order valence-electron chi connectivity index (χ0n) is 9.55. The van der Waals surface area contributed by atoms with Crippen molar-refractivity contribution in [3.63, 3.8) is 0 Å². The summed E-state index contributed by atoms with van der Waals surface area (Å²) in [5, 5.41) is -0.503. The second-order valence-electron chi connectivity index (χ2n) is 3.93. The van der Waals surface area contributed by atoms with Crippen LogP contribution in [-0.4, -0.2) is 34.0 Å². The monoisotopic (exact) mass is 257 g/mol. The molecule has 0 aromatic heterocycles. The van der Waals surface area contributed by atoms with Gasteiger partial charge in [-0.1, -0.05) is 0 Å². The van der Waals surface area contributed by atoms with Gasteiger partial charge in [0.2, 0.25) is 0 Å². The van der Waals surface area contributed by atoms with Gasteiger partial charge in [-0.2, -0.15) is 0 Å². The van der Waals surface area contributed by atoms with E-state index < -0.39 is 15.1 Å². The average Bonchev–Trinajstić information content (AvgIpc) is 2.83. The van der Waals surface area contributed by atoms with Gasteiger partial charge in [0.25, 0.3) is 0 Å². The lowest BCUT2D eigenvalue weighted by Gasteiger charge is -2.13. The van der Waals surface area contributed by atoms with Crippen molar-refractivity contribution in [2.75, 3.05) is 26.1 Å². The van der Waals surface area contributed by atoms with Crippen molar-refractivity contribution in [1.82, 2.24) is 0 Å². The molecular weight excluding hydrogens is 242 g/mol. The highest BCUT2D eigenvalue weighted by atomic mass is 32.2. The van der Waals surface area contributed by atoms with E-state index >= 15 is 0 Å². The molecule has 2 N–H and O–H groups in total. The molecule has 1 atom stereocenters. The molecule has 94 valence electrons. The van der Waals surface area contributed by atoms with Crippen LogP contribution in [0.4, 0.5) is 5.69 Å². The van der Waals surface area contributed by atoms with Crippen molar-refractivity contribution in [1.29, 1.82) is 0 Å². The summed E-state index contributed by atoms with van der Waals surface area (Å²) in [5.41, 5.74) is 5.97. The third-order valence-corrected chi connectivity index (χ3v) is 5.07. The van der Waals surface area contributed by atoms with Crippen molar-refractivity contribution in [3.05, 3.63) is 18.2 Å². The van der Waals surface area contributed by atoms with Crippen LogP contribution in [0, 0.1) is 0 Å². The molecule has 6 heteroatoms. The predicted molar refractivity (Wildman–Crippen MR) is 63.8 cm³/mol. The normalized spacial score (nSPS) is 20.4. The minimum atomic E-state index is -3.43. The summed E-state index contributed by atoms with van der Waals surface area (Å²) in [5.74, 6) is 0.483. The quantitative estimate of drug-likeness (QED) is 0.812. The number of hydrogen-bond donors (Lipinski definition) is 1. The fourth-order valence-electron chi connectivity index (χ4n) is 1.83. The molecule has 1 aliphatic heterocycles. The van der Waals surface area contributed by atoms with Crippen LogP contribution in [0.25, 0.3) is 0 Å². The Labute approximate surface area is 100 Å². The second kappa shape index (κ2) is 4.54. The maximum atomic E-state index is 12.3. The summed E-state index contributed by atoms with van der Waals surface area (Å²) in [6.07, 6.45) is 0.513. The molecule has 1 aromatic rings. The molecule has 1 heterocycles. The summed E-state index contributed by atoms with van der Waals surface area (Å²) in [6.45, 7) is 0.715. The van der Waals surface area contributed by atoms with E-state index in [1.807, 2.05) is 0 Å². The number of anilines is 1. The number of methoxy groups -OCH3 is 1. The summed E-state index contributed by atoms with van der Waals surface area (Å²) >= 11 is 0. The van der Waals surface area contributed by atoms with E-state index in [1.165, 1.54) is 13.2 Å². The van der Waals surface area contributed by atoms with Gasteiger partial charge in [-0.05, 0) is 18.6 Å². The lowest BCUT2D eigenvalue weighted by atomic mass is 10.3.